The molecule has 1 heterocycles. The fourth-order valence-corrected chi connectivity index (χ4v) is 3.10. The Bertz CT molecular complexity index is 588. The van der Waals surface area contributed by atoms with Crippen molar-refractivity contribution >= 4 is 0 Å². The minimum atomic E-state index is 0.444. The smallest absolute Gasteiger partial charge is 0.140 e. The Kier molecular flexibility index (Phi) is 4.34. The van der Waals surface area contributed by atoms with Crippen molar-refractivity contribution in [1.29, 1.82) is 0 Å². The maximum absolute atomic E-state index is 4.40. The minimum Gasteiger partial charge on any atom is -0.303 e. The predicted octanol–water partition coefficient (Wildman–Crippen LogP) is 3.10. The van der Waals surface area contributed by atoms with E-state index in [0.717, 1.165) is 18.9 Å². The molecule has 4 nitrogen and oxygen atoms in total. The van der Waals surface area contributed by atoms with Gasteiger partial charge in [-0.05, 0) is 36.3 Å². The van der Waals surface area contributed by atoms with Crippen LogP contribution in [0.4, 0.5) is 0 Å². The van der Waals surface area contributed by atoms with Crippen molar-refractivity contribution < 1.29 is 0 Å². The Hall–Kier alpha value is -1.68. The topological polar surface area (TPSA) is 42.7 Å². The van der Waals surface area contributed by atoms with Crippen LogP contribution in [-0.4, -0.2) is 14.8 Å². The van der Waals surface area contributed by atoms with Crippen LogP contribution in [0.1, 0.15) is 49.7 Å². The molecular weight excluding hydrogens is 260 g/mol. The average Bonchev–Trinajstić information content (AvgIpc) is 2.91. The van der Waals surface area contributed by atoms with Gasteiger partial charge in [-0.3, -0.25) is 0 Å². The van der Waals surface area contributed by atoms with E-state index in [4.69, 9.17) is 0 Å². The maximum atomic E-state index is 4.40. The Labute approximate surface area is 126 Å². The highest BCUT2D eigenvalue weighted by Gasteiger charge is 2.19. The highest BCUT2D eigenvalue weighted by Crippen LogP contribution is 2.29. The van der Waals surface area contributed by atoms with Crippen LogP contribution in [0.25, 0.3) is 0 Å². The molecule has 1 aromatic carbocycles. The van der Waals surface area contributed by atoms with E-state index in [2.05, 4.69) is 53.5 Å². The lowest BCUT2D eigenvalue weighted by Crippen LogP contribution is -2.26. The number of rotatable bonds is 5. The van der Waals surface area contributed by atoms with Gasteiger partial charge in [0.2, 0.25) is 0 Å². The summed E-state index contributed by atoms with van der Waals surface area (Å²) in [4.78, 5) is 4.40. The van der Waals surface area contributed by atoms with E-state index in [1.165, 1.54) is 30.4 Å². The minimum absolute atomic E-state index is 0.444. The standard InChI is InChI=1S/C17H24N4/c1-13(2)11-21-17(19-12-20-21)10-18-16-9-5-7-14-6-3-4-8-15(14)16/h3-4,6,8,12-13,16,18H,5,7,9-11H2,1-2H3. The third kappa shape index (κ3) is 3.32. The second kappa shape index (κ2) is 6.39. The first kappa shape index (κ1) is 14.3. The zero-order valence-electron chi connectivity index (χ0n) is 12.9. The van der Waals surface area contributed by atoms with Crippen molar-refractivity contribution in [3.05, 3.63) is 47.5 Å². The van der Waals surface area contributed by atoms with E-state index in [-0.39, 0.29) is 0 Å². The van der Waals surface area contributed by atoms with Crippen LogP contribution in [0.3, 0.4) is 0 Å². The molecule has 1 aromatic heterocycles. The zero-order valence-corrected chi connectivity index (χ0v) is 12.9. The van der Waals surface area contributed by atoms with Crippen LogP contribution in [0.15, 0.2) is 30.6 Å². The number of aryl methyl sites for hydroxylation is 1. The van der Waals surface area contributed by atoms with Crippen molar-refractivity contribution in [3.8, 4) is 0 Å². The monoisotopic (exact) mass is 284 g/mol. The first-order chi connectivity index (χ1) is 10.2. The van der Waals surface area contributed by atoms with E-state index in [1.807, 2.05) is 4.68 Å². The van der Waals surface area contributed by atoms with E-state index >= 15 is 0 Å². The molecule has 1 aliphatic rings. The van der Waals surface area contributed by atoms with Crippen molar-refractivity contribution in [2.24, 2.45) is 5.92 Å². The molecule has 1 unspecified atom stereocenters. The van der Waals surface area contributed by atoms with Gasteiger partial charge < -0.3 is 5.32 Å². The summed E-state index contributed by atoms with van der Waals surface area (Å²) in [5.41, 5.74) is 2.95. The highest BCUT2D eigenvalue weighted by atomic mass is 15.3. The maximum Gasteiger partial charge on any atom is 0.140 e. The number of hydrogen-bond acceptors (Lipinski definition) is 3. The summed E-state index contributed by atoms with van der Waals surface area (Å²) in [5.74, 6) is 1.62. The number of benzene rings is 1. The molecule has 0 radical (unpaired) electrons. The molecule has 1 atom stereocenters. The highest BCUT2D eigenvalue weighted by molar-refractivity contribution is 5.32. The van der Waals surface area contributed by atoms with Crippen molar-refractivity contribution in [3.63, 3.8) is 0 Å². The van der Waals surface area contributed by atoms with E-state index in [9.17, 15) is 0 Å². The van der Waals surface area contributed by atoms with Crippen LogP contribution in [0.5, 0.6) is 0 Å². The van der Waals surface area contributed by atoms with Gasteiger partial charge in [0.15, 0.2) is 0 Å². The first-order valence-electron chi connectivity index (χ1n) is 7.92. The molecule has 0 bridgehead atoms. The molecule has 4 heteroatoms. The summed E-state index contributed by atoms with van der Waals surface area (Å²) >= 11 is 0. The van der Waals surface area contributed by atoms with E-state index < -0.39 is 0 Å². The van der Waals surface area contributed by atoms with Gasteiger partial charge in [-0.1, -0.05) is 38.1 Å². The molecule has 3 rings (SSSR count). The normalized spacial score (nSPS) is 18.0. The van der Waals surface area contributed by atoms with Gasteiger partial charge in [0.05, 0.1) is 6.54 Å². The summed E-state index contributed by atoms with van der Waals surface area (Å²) in [6.07, 6.45) is 5.33. The second-order valence-electron chi connectivity index (χ2n) is 6.28. The molecular formula is C17H24N4. The van der Waals surface area contributed by atoms with Crippen molar-refractivity contribution in [2.75, 3.05) is 0 Å². The molecule has 0 amide bonds. The molecule has 112 valence electrons. The molecule has 2 aromatic rings. The first-order valence-corrected chi connectivity index (χ1v) is 7.92. The third-order valence-corrected chi connectivity index (χ3v) is 4.11. The van der Waals surface area contributed by atoms with Crippen molar-refractivity contribution in [1.82, 2.24) is 20.1 Å². The second-order valence-corrected chi connectivity index (χ2v) is 6.28. The lowest BCUT2D eigenvalue weighted by Gasteiger charge is -2.26. The summed E-state index contributed by atoms with van der Waals surface area (Å²) in [6, 6.07) is 9.23. The SMILES string of the molecule is CC(C)Cn1ncnc1CNC1CCCc2ccccc21. The molecule has 21 heavy (non-hydrogen) atoms. The van der Waals surface area contributed by atoms with Gasteiger partial charge in [0.25, 0.3) is 0 Å². The predicted molar refractivity (Wildman–Crippen MR) is 83.8 cm³/mol. The zero-order chi connectivity index (χ0) is 14.7. The van der Waals surface area contributed by atoms with Crippen LogP contribution in [0, 0.1) is 5.92 Å². The Morgan fingerprint density at radius 2 is 2.19 bits per heavy atom. The number of hydrogen-bond donors (Lipinski definition) is 1. The average molecular weight is 284 g/mol. The summed E-state index contributed by atoms with van der Waals surface area (Å²) in [6.45, 7) is 6.12. The lowest BCUT2D eigenvalue weighted by molar-refractivity contribution is 0.422. The van der Waals surface area contributed by atoms with Gasteiger partial charge in [-0.25, -0.2) is 9.67 Å². The fourth-order valence-electron chi connectivity index (χ4n) is 3.10. The molecule has 1 N–H and O–H groups in total. The Balaban J connectivity index is 1.68. The van der Waals surface area contributed by atoms with Crippen LogP contribution in [-0.2, 0) is 19.5 Å². The quantitative estimate of drug-likeness (QED) is 0.917. The van der Waals surface area contributed by atoms with Gasteiger partial charge in [-0.2, -0.15) is 5.10 Å². The van der Waals surface area contributed by atoms with Gasteiger partial charge in [-0.15, -0.1) is 0 Å². The number of nitrogens with zero attached hydrogens (tertiary/aromatic N) is 3. The summed E-state index contributed by atoms with van der Waals surface area (Å²) < 4.78 is 2.02. The molecule has 0 saturated carbocycles. The van der Waals surface area contributed by atoms with Crippen LogP contribution >= 0.6 is 0 Å². The van der Waals surface area contributed by atoms with Gasteiger partial charge >= 0.3 is 0 Å². The molecule has 0 aliphatic heterocycles. The number of fused-ring (bicyclic) bond motifs is 1. The molecule has 0 fully saturated rings. The van der Waals surface area contributed by atoms with Crippen LogP contribution in [0.2, 0.25) is 0 Å². The summed E-state index contributed by atoms with van der Waals surface area (Å²) in [7, 11) is 0. The lowest BCUT2D eigenvalue weighted by atomic mass is 9.88. The van der Waals surface area contributed by atoms with E-state index in [0.29, 0.717) is 12.0 Å². The molecule has 1 aliphatic carbocycles. The summed E-state index contributed by atoms with van der Waals surface area (Å²) in [5, 5.41) is 8.00. The van der Waals surface area contributed by atoms with Crippen LogP contribution < -0.4 is 5.32 Å². The fraction of sp³-hybridized carbons (Fsp3) is 0.529. The van der Waals surface area contributed by atoms with Gasteiger partial charge in [0, 0.05) is 12.6 Å². The molecule has 0 spiro atoms. The third-order valence-electron chi connectivity index (χ3n) is 4.11. The Morgan fingerprint density at radius 1 is 1.33 bits per heavy atom. The molecule has 0 saturated heterocycles. The largest absolute Gasteiger partial charge is 0.303 e. The number of aromatic nitrogens is 3. The van der Waals surface area contributed by atoms with Crippen molar-refractivity contribution in [2.45, 2.75) is 52.2 Å². The number of nitrogens with one attached hydrogen (secondary N) is 1. The van der Waals surface area contributed by atoms with E-state index in [1.54, 1.807) is 6.33 Å². The Morgan fingerprint density at radius 3 is 3.05 bits per heavy atom. The van der Waals surface area contributed by atoms with Gasteiger partial charge in [0.1, 0.15) is 12.2 Å².